The minimum absolute atomic E-state index is 0.134. The van der Waals surface area contributed by atoms with Gasteiger partial charge in [-0.25, -0.2) is 0 Å². The number of benzene rings is 4. The molecule has 0 saturated heterocycles. The van der Waals surface area contributed by atoms with Gasteiger partial charge in [0.2, 0.25) is 0 Å². The molecule has 0 atom stereocenters. The summed E-state index contributed by atoms with van der Waals surface area (Å²) >= 11 is 0. The molecule has 0 amide bonds. The van der Waals surface area contributed by atoms with Crippen LogP contribution in [0.2, 0.25) is 0 Å². The summed E-state index contributed by atoms with van der Waals surface area (Å²) in [5.74, 6) is -2.21. The van der Waals surface area contributed by atoms with Gasteiger partial charge < -0.3 is 0 Å². The Bertz CT molecular complexity index is 1420. The molecule has 0 heterocycles. The Balaban J connectivity index is 2.20. The molecule has 6 heteroatoms. The number of ketones is 3. The van der Waals surface area contributed by atoms with E-state index in [1.807, 2.05) is 0 Å². The van der Waals surface area contributed by atoms with Gasteiger partial charge in [-0.3, -0.25) is 28.8 Å². The summed E-state index contributed by atoms with van der Waals surface area (Å²) in [7, 11) is 0. The summed E-state index contributed by atoms with van der Waals surface area (Å²) in [6, 6.07) is 23.6. The second-order valence-electron chi connectivity index (χ2n) is 7.81. The van der Waals surface area contributed by atoms with Crippen LogP contribution in [0.15, 0.2) is 91.0 Å². The van der Waals surface area contributed by atoms with Crippen LogP contribution in [0.1, 0.15) is 78.8 Å². The van der Waals surface area contributed by atoms with Crippen molar-refractivity contribution in [2.45, 2.75) is 0 Å². The second kappa shape index (κ2) is 10.4. The first kappa shape index (κ1) is 24.0. The van der Waals surface area contributed by atoms with Crippen LogP contribution in [0.3, 0.4) is 0 Å². The molecular formula is C30H18O6. The van der Waals surface area contributed by atoms with Crippen molar-refractivity contribution in [1.29, 1.82) is 0 Å². The van der Waals surface area contributed by atoms with E-state index in [1.165, 1.54) is 36.4 Å². The van der Waals surface area contributed by atoms with E-state index in [2.05, 4.69) is 0 Å². The van der Waals surface area contributed by atoms with Crippen LogP contribution >= 0.6 is 0 Å². The third kappa shape index (κ3) is 4.23. The fourth-order valence-electron chi connectivity index (χ4n) is 4.08. The fraction of sp³-hybridized carbons (Fsp3) is 0. The molecule has 0 saturated carbocycles. The molecule has 0 bridgehead atoms. The molecule has 0 unspecified atom stereocenters. The predicted molar refractivity (Wildman–Crippen MR) is 132 cm³/mol. The minimum Gasteiger partial charge on any atom is -0.298 e. The number of hydrogen-bond donors (Lipinski definition) is 0. The Kier molecular flexibility index (Phi) is 6.97. The first-order chi connectivity index (χ1) is 17.5. The average Bonchev–Trinajstić information content (AvgIpc) is 2.95. The van der Waals surface area contributed by atoms with E-state index < -0.39 is 50.7 Å². The smallest absolute Gasteiger partial charge is 0.194 e. The van der Waals surface area contributed by atoms with Crippen LogP contribution < -0.4 is 0 Å². The van der Waals surface area contributed by atoms with Gasteiger partial charge in [-0.1, -0.05) is 91.0 Å². The number of rotatable bonds is 9. The van der Waals surface area contributed by atoms with Gasteiger partial charge in [0.1, 0.15) is 0 Å². The van der Waals surface area contributed by atoms with Crippen LogP contribution in [0.4, 0.5) is 0 Å². The summed E-state index contributed by atoms with van der Waals surface area (Å²) in [6.07, 6.45) is 0.755. The van der Waals surface area contributed by atoms with Gasteiger partial charge in [-0.05, 0) is 0 Å². The van der Waals surface area contributed by atoms with E-state index in [9.17, 15) is 28.8 Å². The van der Waals surface area contributed by atoms with Gasteiger partial charge >= 0.3 is 0 Å². The van der Waals surface area contributed by atoms with E-state index in [0.29, 0.717) is 0 Å². The SMILES string of the molecule is O=Cc1c(C=O)c(C(=O)c2ccccc2)c(C(=O)c2ccccc2)c(C(=O)c2ccccc2)c1C=O. The average molecular weight is 474 g/mol. The van der Waals surface area contributed by atoms with E-state index in [-0.39, 0.29) is 35.5 Å². The highest BCUT2D eigenvalue weighted by atomic mass is 16.1. The third-order valence-corrected chi connectivity index (χ3v) is 5.76. The second-order valence-corrected chi connectivity index (χ2v) is 7.81. The van der Waals surface area contributed by atoms with E-state index in [4.69, 9.17) is 0 Å². The van der Waals surface area contributed by atoms with Gasteiger partial charge in [0.05, 0.1) is 0 Å². The normalized spacial score (nSPS) is 10.3. The highest BCUT2D eigenvalue weighted by Crippen LogP contribution is 2.32. The topological polar surface area (TPSA) is 102 Å². The molecule has 6 nitrogen and oxygen atoms in total. The van der Waals surface area contributed by atoms with Crippen LogP contribution in [-0.2, 0) is 0 Å². The molecule has 4 aromatic carbocycles. The Labute approximate surface area is 206 Å². The standard InChI is InChI=1S/C30H18O6/c31-16-22-23(17-32)25(28(34)19-10-4-1-5-11-19)27(30(36)21-14-8-3-9-15-21)26(24(22)18-33)29(35)20-12-6-2-7-13-20/h1-18H. The molecule has 0 spiro atoms. The predicted octanol–water partition coefficient (Wildman–Crippen LogP) is 4.82. The highest BCUT2D eigenvalue weighted by Gasteiger charge is 2.34. The number of carbonyl (C=O) groups is 6. The van der Waals surface area contributed by atoms with Crippen molar-refractivity contribution in [3.63, 3.8) is 0 Å². The first-order valence-electron chi connectivity index (χ1n) is 10.9. The van der Waals surface area contributed by atoms with Crippen molar-refractivity contribution in [1.82, 2.24) is 0 Å². The number of carbonyl (C=O) groups excluding carboxylic acids is 6. The van der Waals surface area contributed by atoms with Crippen LogP contribution in [0.5, 0.6) is 0 Å². The Morgan fingerprint density at radius 2 is 0.667 bits per heavy atom. The lowest BCUT2D eigenvalue weighted by atomic mass is 9.79. The van der Waals surface area contributed by atoms with Crippen molar-refractivity contribution in [3.8, 4) is 0 Å². The van der Waals surface area contributed by atoms with E-state index in [1.54, 1.807) is 54.6 Å². The maximum absolute atomic E-state index is 13.9. The van der Waals surface area contributed by atoms with Gasteiger partial charge in [0.25, 0.3) is 0 Å². The maximum atomic E-state index is 13.9. The van der Waals surface area contributed by atoms with Crippen molar-refractivity contribution < 1.29 is 28.8 Å². The lowest BCUT2D eigenvalue weighted by Gasteiger charge is -2.19. The summed E-state index contributed by atoms with van der Waals surface area (Å²) in [5.41, 5.74) is -2.09. The molecule has 36 heavy (non-hydrogen) atoms. The van der Waals surface area contributed by atoms with Crippen molar-refractivity contribution in [2.24, 2.45) is 0 Å². The Morgan fingerprint density at radius 1 is 0.389 bits per heavy atom. The lowest BCUT2D eigenvalue weighted by molar-refractivity contribution is 0.0983. The quantitative estimate of drug-likeness (QED) is 0.255. The van der Waals surface area contributed by atoms with Crippen LogP contribution in [0, 0.1) is 0 Å². The lowest BCUT2D eigenvalue weighted by Crippen LogP contribution is -2.23. The van der Waals surface area contributed by atoms with Crippen molar-refractivity contribution >= 4 is 36.2 Å². The molecule has 0 aliphatic rings. The maximum Gasteiger partial charge on any atom is 0.194 e. The van der Waals surface area contributed by atoms with Gasteiger partial charge in [0.15, 0.2) is 36.2 Å². The molecule has 0 N–H and O–H groups in total. The largest absolute Gasteiger partial charge is 0.298 e. The summed E-state index contributed by atoms with van der Waals surface area (Å²) in [6.45, 7) is 0. The molecular weight excluding hydrogens is 456 g/mol. The fourth-order valence-corrected chi connectivity index (χ4v) is 4.08. The zero-order valence-electron chi connectivity index (χ0n) is 18.8. The summed E-state index contributed by atoms with van der Waals surface area (Å²) < 4.78 is 0. The van der Waals surface area contributed by atoms with E-state index in [0.717, 1.165) is 0 Å². The minimum atomic E-state index is -0.738. The molecule has 0 fully saturated rings. The molecule has 4 aromatic rings. The van der Waals surface area contributed by atoms with E-state index >= 15 is 0 Å². The van der Waals surface area contributed by atoms with Gasteiger partial charge in [-0.15, -0.1) is 0 Å². The Morgan fingerprint density at radius 3 is 0.944 bits per heavy atom. The Hall–Kier alpha value is -5.10. The zero-order chi connectivity index (χ0) is 25.7. The molecule has 174 valence electrons. The highest BCUT2D eigenvalue weighted by molar-refractivity contribution is 6.30. The molecule has 0 radical (unpaired) electrons. The number of hydrogen-bond acceptors (Lipinski definition) is 6. The molecule has 0 aliphatic heterocycles. The molecule has 0 aromatic heterocycles. The first-order valence-corrected chi connectivity index (χ1v) is 10.9. The number of aldehydes is 3. The van der Waals surface area contributed by atoms with Crippen molar-refractivity contribution in [3.05, 3.63) is 141 Å². The molecule has 0 aliphatic carbocycles. The van der Waals surface area contributed by atoms with Gasteiger partial charge in [0, 0.05) is 50.1 Å². The monoisotopic (exact) mass is 474 g/mol. The van der Waals surface area contributed by atoms with Crippen LogP contribution in [0.25, 0.3) is 0 Å². The van der Waals surface area contributed by atoms with Gasteiger partial charge in [-0.2, -0.15) is 0 Å². The van der Waals surface area contributed by atoms with Crippen LogP contribution in [-0.4, -0.2) is 36.2 Å². The zero-order valence-corrected chi connectivity index (χ0v) is 18.8. The van der Waals surface area contributed by atoms with Crippen molar-refractivity contribution in [2.75, 3.05) is 0 Å². The third-order valence-electron chi connectivity index (χ3n) is 5.76. The summed E-state index contributed by atoms with van der Waals surface area (Å²) in [5, 5.41) is 0. The molecule has 4 rings (SSSR count). The summed E-state index contributed by atoms with van der Waals surface area (Å²) in [4.78, 5) is 78.0.